The van der Waals surface area contributed by atoms with E-state index in [1.54, 1.807) is 0 Å². The number of ether oxygens (including phenoxy) is 4. The second kappa shape index (κ2) is 73.9. The first kappa shape index (κ1) is 98.1. The van der Waals surface area contributed by atoms with Gasteiger partial charge in [0.05, 0.1) is 26.4 Å². The molecule has 2 unspecified atom stereocenters. The van der Waals surface area contributed by atoms with Crippen LogP contribution in [0.15, 0.2) is 0 Å². The molecule has 0 fully saturated rings. The first-order valence-corrected chi connectivity index (χ1v) is 45.1. The molecular formula is C81H158O17P2. The van der Waals surface area contributed by atoms with Gasteiger partial charge in [-0.05, 0) is 31.6 Å². The van der Waals surface area contributed by atoms with Crippen LogP contribution >= 0.6 is 15.6 Å². The van der Waals surface area contributed by atoms with Gasteiger partial charge in [-0.15, -0.1) is 0 Å². The highest BCUT2D eigenvalue weighted by molar-refractivity contribution is 7.47. The van der Waals surface area contributed by atoms with Crippen LogP contribution in [0.5, 0.6) is 0 Å². The Balaban J connectivity index is 5.19. The summed E-state index contributed by atoms with van der Waals surface area (Å²) in [4.78, 5) is 72.9. The molecule has 0 aliphatic carbocycles. The summed E-state index contributed by atoms with van der Waals surface area (Å²) < 4.78 is 68.6. The standard InChI is InChI=1S/C81H158O17P2/c1-6-9-12-15-18-21-24-25-26-27-28-29-30-31-32-33-38-42-47-52-57-62-67-81(86)98-77(71-92-79(84)65-60-55-50-45-41-37-35-34-36-40-43-48-53-58-63-74(4)5)73-96-100(89,90)94-69-75(82)68-93-99(87,88)95-72-76(70-91-78(83)64-59-54-49-44-23-20-17-14-11-8-3)97-80(85)66-61-56-51-46-39-22-19-16-13-10-7-2/h74-77,82H,6-73H2,1-5H3,(H,87,88)(H,89,90)/t75-,76+,77+/m0/s1. The molecule has 17 nitrogen and oxygen atoms in total. The summed E-state index contributed by atoms with van der Waals surface area (Å²) in [6.07, 6.45) is 65.3. The van der Waals surface area contributed by atoms with Crippen molar-refractivity contribution in [3.8, 4) is 0 Å². The SMILES string of the molecule is CCCCCCCCCCCCCCCCCCCCCCCCC(=O)O[C@H](COC(=O)CCCCCCCCCCCCCCCCC(C)C)COP(=O)(O)OC[C@@H](O)COP(=O)(O)OC[C@@H](COC(=O)CCCCCCCCCCCC)OC(=O)CCCCCCCCCCCCC. The summed E-state index contributed by atoms with van der Waals surface area (Å²) in [6, 6.07) is 0. The number of unbranched alkanes of at least 4 members (excludes halogenated alkanes) is 53. The van der Waals surface area contributed by atoms with Crippen LogP contribution in [0.4, 0.5) is 0 Å². The lowest BCUT2D eigenvalue weighted by Gasteiger charge is -2.21. The first-order valence-electron chi connectivity index (χ1n) is 42.1. The number of aliphatic hydroxyl groups is 1. The van der Waals surface area contributed by atoms with Crippen molar-refractivity contribution in [1.82, 2.24) is 0 Å². The highest BCUT2D eigenvalue weighted by Gasteiger charge is 2.30. The normalized spacial score (nSPS) is 13.8. The average Bonchev–Trinajstić information content (AvgIpc) is 0.988. The summed E-state index contributed by atoms with van der Waals surface area (Å²) in [7, 11) is -9.91. The Labute approximate surface area is 613 Å². The van der Waals surface area contributed by atoms with Crippen LogP contribution in [0.3, 0.4) is 0 Å². The highest BCUT2D eigenvalue weighted by atomic mass is 31.2. The van der Waals surface area contributed by atoms with Crippen LogP contribution in [0.2, 0.25) is 0 Å². The molecule has 0 radical (unpaired) electrons. The van der Waals surface area contributed by atoms with Crippen LogP contribution in [0.25, 0.3) is 0 Å². The molecule has 0 saturated heterocycles. The van der Waals surface area contributed by atoms with Gasteiger partial charge in [0.2, 0.25) is 0 Å². The molecule has 19 heteroatoms. The van der Waals surface area contributed by atoms with Gasteiger partial charge >= 0.3 is 39.5 Å². The molecule has 0 heterocycles. The number of phosphoric ester groups is 2. The predicted octanol–water partition coefficient (Wildman–Crippen LogP) is 24.4. The Morgan fingerprint density at radius 2 is 0.460 bits per heavy atom. The van der Waals surface area contributed by atoms with Crippen LogP contribution in [0.1, 0.15) is 433 Å². The van der Waals surface area contributed by atoms with Gasteiger partial charge in [0, 0.05) is 25.7 Å². The molecular weight excluding hydrogens is 1310 g/mol. The quantitative estimate of drug-likeness (QED) is 0.0222. The molecule has 0 aliphatic rings. The second-order valence-corrected chi connectivity index (χ2v) is 32.5. The predicted molar refractivity (Wildman–Crippen MR) is 409 cm³/mol. The van der Waals surface area contributed by atoms with Crippen LogP contribution in [0, 0.1) is 5.92 Å². The number of phosphoric acid groups is 2. The topological polar surface area (TPSA) is 237 Å². The molecule has 0 aromatic carbocycles. The van der Waals surface area contributed by atoms with E-state index < -0.39 is 97.5 Å². The largest absolute Gasteiger partial charge is 0.472 e. The van der Waals surface area contributed by atoms with E-state index in [-0.39, 0.29) is 25.7 Å². The molecule has 0 amide bonds. The lowest BCUT2D eigenvalue weighted by molar-refractivity contribution is -0.161. The molecule has 3 N–H and O–H groups in total. The van der Waals surface area contributed by atoms with E-state index in [9.17, 15) is 43.2 Å². The Bertz CT molecular complexity index is 1910. The van der Waals surface area contributed by atoms with Gasteiger partial charge in [-0.2, -0.15) is 0 Å². The Hall–Kier alpha value is -1.94. The lowest BCUT2D eigenvalue weighted by atomic mass is 10.0. The van der Waals surface area contributed by atoms with Crippen molar-refractivity contribution in [3.05, 3.63) is 0 Å². The minimum Gasteiger partial charge on any atom is -0.462 e. The number of aliphatic hydroxyl groups excluding tert-OH is 1. The van der Waals surface area contributed by atoms with Crippen molar-refractivity contribution in [1.29, 1.82) is 0 Å². The molecule has 594 valence electrons. The summed E-state index contributed by atoms with van der Waals surface area (Å²) in [5, 5.41) is 10.6. The van der Waals surface area contributed by atoms with Crippen molar-refractivity contribution < 1.29 is 80.2 Å². The minimum atomic E-state index is -4.96. The number of hydrogen-bond acceptors (Lipinski definition) is 15. The highest BCUT2D eigenvalue weighted by Crippen LogP contribution is 2.45. The van der Waals surface area contributed by atoms with Gasteiger partial charge in [0.25, 0.3) is 0 Å². The maximum Gasteiger partial charge on any atom is 0.472 e. The Kier molecular flexibility index (Phi) is 72.5. The first-order chi connectivity index (χ1) is 48.5. The summed E-state index contributed by atoms with van der Waals surface area (Å²) in [5.41, 5.74) is 0. The minimum absolute atomic E-state index is 0.107. The fraction of sp³-hybridized carbons (Fsp3) is 0.951. The molecule has 0 aromatic rings. The van der Waals surface area contributed by atoms with E-state index in [1.165, 1.54) is 257 Å². The zero-order valence-corrected chi connectivity index (χ0v) is 67.1. The molecule has 0 saturated carbocycles. The maximum atomic E-state index is 13.1. The van der Waals surface area contributed by atoms with Crippen LogP contribution in [-0.2, 0) is 65.4 Å². The van der Waals surface area contributed by atoms with Gasteiger partial charge in [0.1, 0.15) is 19.3 Å². The average molecular weight is 1470 g/mol. The van der Waals surface area contributed by atoms with Crippen molar-refractivity contribution in [2.75, 3.05) is 39.6 Å². The summed E-state index contributed by atoms with van der Waals surface area (Å²) in [5.74, 6) is -1.31. The molecule has 0 spiro atoms. The third-order valence-electron chi connectivity index (χ3n) is 19.0. The lowest BCUT2D eigenvalue weighted by Crippen LogP contribution is -2.30. The number of rotatable bonds is 81. The van der Waals surface area contributed by atoms with E-state index in [1.807, 2.05) is 0 Å². The van der Waals surface area contributed by atoms with Gasteiger partial charge in [-0.25, -0.2) is 9.13 Å². The zero-order chi connectivity index (χ0) is 73.4. The smallest absolute Gasteiger partial charge is 0.462 e. The van der Waals surface area contributed by atoms with Crippen LogP contribution in [-0.4, -0.2) is 96.7 Å². The van der Waals surface area contributed by atoms with E-state index >= 15 is 0 Å². The number of esters is 4. The Morgan fingerprint density at radius 1 is 0.270 bits per heavy atom. The summed E-state index contributed by atoms with van der Waals surface area (Å²) in [6.45, 7) is 7.33. The van der Waals surface area contributed by atoms with Gasteiger partial charge in [0.15, 0.2) is 12.2 Å². The van der Waals surface area contributed by atoms with Gasteiger partial charge in [-0.3, -0.25) is 37.3 Å². The fourth-order valence-electron chi connectivity index (χ4n) is 12.6. The van der Waals surface area contributed by atoms with Gasteiger partial charge < -0.3 is 33.8 Å². The Morgan fingerprint density at radius 3 is 0.680 bits per heavy atom. The van der Waals surface area contributed by atoms with Crippen LogP contribution < -0.4 is 0 Å². The fourth-order valence-corrected chi connectivity index (χ4v) is 14.2. The number of carbonyl (C=O) groups is 4. The third-order valence-corrected chi connectivity index (χ3v) is 20.9. The molecule has 5 atom stereocenters. The second-order valence-electron chi connectivity index (χ2n) is 29.6. The van der Waals surface area contributed by atoms with E-state index in [0.717, 1.165) is 95.8 Å². The number of carbonyl (C=O) groups excluding carboxylic acids is 4. The molecule has 0 aromatic heterocycles. The molecule has 0 aliphatic heterocycles. The van der Waals surface area contributed by atoms with E-state index in [4.69, 9.17) is 37.0 Å². The number of hydrogen-bond donors (Lipinski definition) is 3. The molecule has 100 heavy (non-hydrogen) atoms. The summed E-state index contributed by atoms with van der Waals surface area (Å²) >= 11 is 0. The third kappa shape index (κ3) is 74.3. The molecule has 0 rings (SSSR count). The monoisotopic (exact) mass is 1470 g/mol. The zero-order valence-electron chi connectivity index (χ0n) is 65.3. The van der Waals surface area contributed by atoms with Crippen molar-refractivity contribution in [2.45, 2.75) is 451 Å². The van der Waals surface area contributed by atoms with Crippen molar-refractivity contribution >= 4 is 39.5 Å². The van der Waals surface area contributed by atoms with Crippen molar-refractivity contribution in [3.63, 3.8) is 0 Å². The maximum absolute atomic E-state index is 13.1. The van der Waals surface area contributed by atoms with Gasteiger partial charge in [-0.1, -0.05) is 381 Å². The van der Waals surface area contributed by atoms with E-state index in [0.29, 0.717) is 25.7 Å². The van der Waals surface area contributed by atoms with E-state index in [2.05, 4.69) is 34.6 Å². The van der Waals surface area contributed by atoms with Crippen molar-refractivity contribution in [2.24, 2.45) is 5.92 Å². The molecule has 0 bridgehead atoms.